The zero-order valence-corrected chi connectivity index (χ0v) is 12.2. The van der Waals surface area contributed by atoms with Crippen LogP contribution < -0.4 is 5.73 Å². The SMILES string of the molecule is CC1CCCC(CN)(N2CC3CCCC3C2)C1C. The summed E-state index contributed by atoms with van der Waals surface area (Å²) < 4.78 is 0. The van der Waals surface area contributed by atoms with E-state index >= 15 is 0 Å². The van der Waals surface area contributed by atoms with Crippen molar-refractivity contribution in [3.05, 3.63) is 0 Å². The van der Waals surface area contributed by atoms with Gasteiger partial charge in [0.05, 0.1) is 0 Å². The molecule has 5 unspecified atom stereocenters. The smallest absolute Gasteiger partial charge is 0.0359 e. The lowest BCUT2D eigenvalue weighted by atomic mass is 9.67. The van der Waals surface area contributed by atoms with E-state index in [1.807, 2.05) is 0 Å². The van der Waals surface area contributed by atoms with Gasteiger partial charge in [-0.2, -0.15) is 0 Å². The maximum absolute atomic E-state index is 6.28. The van der Waals surface area contributed by atoms with E-state index in [0.29, 0.717) is 5.54 Å². The van der Waals surface area contributed by atoms with Crippen LogP contribution in [-0.4, -0.2) is 30.1 Å². The predicted molar refractivity (Wildman–Crippen MR) is 76.4 cm³/mol. The maximum atomic E-state index is 6.28. The van der Waals surface area contributed by atoms with Crippen LogP contribution in [0.15, 0.2) is 0 Å². The third-order valence-corrected chi connectivity index (χ3v) is 6.68. The maximum Gasteiger partial charge on any atom is 0.0359 e. The highest BCUT2D eigenvalue weighted by atomic mass is 15.2. The molecule has 0 aromatic heterocycles. The number of likely N-dealkylation sites (tertiary alicyclic amines) is 1. The summed E-state index contributed by atoms with van der Waals surface area (Å²) in [4.78, 5) is 2.82. The Morgan fingerprint density at radius 2 is 1.72 bits per heavy atom. The summed E-state index contributed by atoms with van der Waals surface area (Å²) in [5.41, 5.74) is 6.61. The summed E-state index contributed by atoms with van der Waals surface area (Å²) in [7, 11) is 0. The van der Waals surface area contributed by atoms with Crippen LogP contribution in [0.2, 0.25) is 0 Å². The molecule has 0 spiro atoms. The first kappa shape index (κ1) is 12.9. The van der Waals surface area contributed by atoms with Gasteiger partial charge in [0.1, 0.15) is 0 Å². The van der Waals surface area contributed by atoms with Crippen molar-refractivity contribution in [3.8, 4) is 0 Å². The largest absolute Gasteiger partial charge is 0.329 e. The molecule has 5 atom stereocenters. The molecule has 3 fully saturated rings. The summed E-state index contributed by atoms with van der Waals surface area (Å²) in [6.45, 7) is 8.46. The number of nitrogens with zero attached hydrogens (tertiary/aromatic N) is 1. The van der Waals surface area contributed by atoms with Crippen LogP contribution in [0.3, 0.4) is 0 Å². The van der Waals surface area contributed by atoms with E-state index in [2.05, 4.69) is 18.7 Å². The molecule has 104 valence electrons. The molecule has 0 amide bonds. The third kappa shape index (κ3) is 1.84. The summed E-state index contributed by atoms with van der Waals surface area (Å²) in [5.74, 6) is 3.62. The average molecular weight is 250 g/mol. The van der Waals surface area contributed by atoms with Gasteiger partial charge >= 0.3 is 0 Å². The average Bonchev–Trinajstić information content (AvgIpc) is 2.94. The minimum atomic E-state index is 0.335. The lowest BCUT2D eigenvalue weighted by Gasteiger charge is -2.51. The second-order valence-corrected chi connectivity index (χ2v) is 7.32. The lowest BCUT2D eigenvalue weighted by molar-refractivity contribution is -0.000315. The van der Waals surface area contributed by atoms with Gasteiger partial charge in [0.25, 0.3) is 0 Å². The Bertz CT molecular complexity index is 291. The summed E-state index contributed by atoms with van der Waals surface area (Å²) >= 11 is 0. The quantitative estimate of drug-likeness (QED) is 0.816. The first-order valence-electron chi connectivity index (χ1n) is 8.12. The van der Waals surface area contributed by atoms with Gasteiger partial charge in [0, 0.05) is 25.2 Å². The van der Waals surface area contributed by atoms with Crippen LogP contribution >= 0.6 is 0 Å². The second-order valence-electron chi connectivity index (χ2n) is 7.32. The van der Waals surface area contributed by atoms with Gasteiger partial charge in [-0.25, -0.2) is 0 Å². The molecule has 0 aromatic rings. The van der Waals surface area contributed by atoms with Crippen LogP contribution in [-0.2, 0) is 0 Å². The molecule has 18 heavy (non-hydrogen) atoms. The molecule has 0 aromatic carbocycles. The number of rotatable bonds is 2. The fourth-order valence-electron chi connectivity index (χ4n) is 5.20. The van der Waals surface area contributed by atoms with E-state index in [4.69, 9.17) is 5.73 Å². The summed E-state index contributed by atoms with van der Waals surface area (Å²) in [6.07, 6.45) is 8.56. The van der Waals surface area contributed by atoms with E-state index in [1.165, 1.54) is 51.6 Å². The lowest BCUT2D eigenvalue weighted by Crippen LogP contribution is -2.60. The van der Waals surface area contributed by atoms with Crippen molar-refractivity contribution in [1.29, 1.82) is 0 Å². The minimum absolute atomic E-state index is 0.335. The molecule has 3 aliphatic rings. The van der Waals surface area contributed by atoms with Crippen molar-refractivity contribution in [1.82, 2.24) is 4.90 Å². The Hall–Kier alpha value is -0.0800. The van der Waals surface area contributed by atoms with Gasteiger partial charge in [-0.3, -0.25) is 4.90 Å². The Balaban J connectivity index is 1.79. The normalized spacial score (nSPS) is 49.5. The second kappa shape index (κ2) is 4.79. The summed E-state index contributed by atoms with van der Waals surface area (Å²) in [6, 6.07) is 0. The first-order valence-corrected chi connectivity index (χ1v) is 8.12. The zero-order valence-electron chi connectivity index (χ0n) is 12.2. The van der Waals surface area contributed by atoms with Crippen LogP contribution in [0.5, 0.6) is 0 Å². The van der Waals surface area contributed by atoms with Gasteiger partial charge < -0.3 is 5.73 Å². The molecular formula is C16H30N2. The van der Waals surface area contributed by atoms with Crippen molar-refractivity contribution in [3.63, 3.8) is 0 Å². The van der Waals surface area contributed by atoms with Gasteiger partial charge in [-0.15, -0.1) is 0 Å². The standard InChI is InChI=1S/C16H30N2/c1-12-5-4-8-16(11-17,13(12)2)18-9-14-6-3-7-15(14)10-18/h12-15H,3-11,17H2,1-2H3. The highest BCUT2D eigenvalue weighted by molar-refractivity contribution is 5.04. The van der Waals surface area contributed by atoms with Crippen LogP contribution in [0.1, 0.15) is 52.4 Å². The van der Waals surface area contributed by atoms with Gasteiger partial charge in [0.2, 0.25) is 0 Å². The van der Waals surface area contributed by atoms with E-state index in [9.17, 15) is 0 Å². The number of hydrogen-bond donors (Lipinski definition) is 1. The van der Waals surface area contributed by atoms with Crippen molar-refractivity contribution in [2.75, 3.05) is 19.6 Å². The first-order chi connectivity index (χ1) is 8.67. The molecule has 3 rings (SSSR count). The molecule has 2 N–H and O–H groups in total. The highest BCUT2D eigenvalue weighted by Crippen LogP contribution is 2.47. The Kier molecular flexibility index (Phi) is 3.44. The van der Waals surface area contributed by atoms with E-state index in [1.54, 1.807) is 0 Å². The monoisotopic (exact) mass is 250 g/mol. The number of fused-ring (bicyclic) bond motifs is 1. The van der Waals surface area contributed by atoms with Gasteiger partial charge in [0.15, 0.2) is 0 Å². The Morgan fingerprint density at radius 1 is 1.06 bits per heavy atom. The molecule has 0 bridgehead atoms. The molecule has 2 saturated carbocycles. The van der Waals surface area contributed by atoms with Gasteiger partial charge in [-0.05, 0) is 42.9 Å². The fraction of sp³-hybridized carbons (Fsp3) is 1.00. The van der Waals surface area contributed by atoms with E-state index < -0.39 is 0 Å². The zero-order chi connectivity index (χ0) is 12.8. The van der Waals surface area contributed by atoms with E-state index in [0.717, 1.165) is 30.2 Å². The molecule has 1 saturated heterocycles. The van der Waals surface area contributed by atoms with Crippen LogP contribution in [0.4, 0.5) is 0 Å². The van der Waals surface area contributed by atoms with Crippen molar-refractivity contribution < 1.29 is 0 Å². The third-order valence-electron chi connectivity index (χ3n) is 6.68. The predicted octanol–water partition coefficient (Wildman–Crippen LogP) is 2.87. The van der Waals surface area contributed by atoms with Crippen LogP contribution in [0, 0.1) is 23.7 Å². The van der Waals surface area contributed by atoms with E-state index in [-0.39, 0.29) is 0 Å². The Morgan fingerprint density at radius 3 is 2.33 bits per heavy atom. The number of hydrogen-bond acceptors (Lipinski definition) is 2. The van der Waals surface area contributed by atoms with Crippen molar-refractivity contribution in [2.45, 2.75) is 57.9 Å². The molecule has 0 radical (unpaired) electrons. The van der Waals surface area contributed by atoms with Crippen molar-refractivity contribution in [2.24, 2.45) is 29.4 Å². The minimum Gasteiger partial charge on any atom is -0.329 e. The van der Waals surface area contributed by atoms with Crippen LogP contribution in [0.25, 0.3) is 0 Å². The molecule has 1 heterocycles. The molecule has 2 aliphatic carbocycles. The fourth-order valence-corrected chi connectivity index (χ4v) is 5.20. The summed E-state index contributed by atoms with van der Waals surface area (Å²) in [5, 5.41) is 0. The highest BCUT2D eigenvalue weighted by Gasteiger charge is 2.49. The topological polar surface area (TPSA) is 29.3 Å². The molecular weight excluding hydrogens is 220 g/mol. The molecule has 2 nitrogen and oxygen atoms in total. The number of nitrogens with two attached hydrogens (primary N) is 1. The van der Waals surface area contributed by atoms with Gasteiger partial charge in [-0.1, -0.05) is 33.1 Å². The molecule has 1 aliphatic heterocycles. The molecule has 2 heteroatoms. The van der Waals surface area contributed by atoms with Crippen molar-refractivity contribution >= 4 is 0 Å². The Labute approximate surface area is 112 Å².